The fourth-order valence-electron chi connectivity index (χ4n) is 5.95. The average molecular weight is 546 g/mol. The van der Waals surface area contributed by atoms with Gasteiger partial charge in [0, 0.05) is 36.6 Å². The molecule has 0 radical (unpaired) electrons. The molecule has 40 heavy (non-hydrogen) atoms. The van der Waals surface area contributed by atoms with Crippen LogP contribution in [0.25, 0.3) is 10.9 Å². The fraction of sp³-hybridized carbons (Fsp3) is 0.400. The van der Waals surface area contributed by atoms with E-state index in [9.17, 15) is 24.3 Å². The van der Waals surface area contributed by atoms with Crippen molar-refractivity contribution in [2.75, 3.05) is 13.1 Å². The molecule has 2 aliphatic heterocycles. The van der Waals surface area contributed by atoms with E-state index in [0.29, 0.717) is 45.2 Å². The summed E-state index contributed by atoms with van der Waals surface area (Å²) < 4.78 is 0. The Morgan fingerprint density at radius 2 is 1.55 bits per heavy atom. The number of likely N-dealkylation sites (tertiary alicyclic amines) is 2. The van der Waals surface area contributed by atoms with E-state index in [0.717, 1.165) is 22.0 Å². The number of nitrogens with zero attached hydrogens (tertiary/aromatic N) is 2. The lowest BCUT2D eigenvalue weighted by molar-refractivity contribution is -0.149. The minimum atomic E-state index is -1.05. The zero-order chi connectivity index (χ0) is 28.2. The summed E-state index contributed by atoms with van der Waals surface area (Å²) in [5.74, 6) is -2.20. The second-order valence-electron chi connectivity index (χ2n) is 10.6. The molecule has 0 aliphatic carbocycles. The van der Waals surface area contributed by atoms with Crippen LogP contribution in [0.4, 0.5) is 0 Å². The van der Waals surface area contributed by atoms with Crippen molar-refractivity contribution in [2.24, 2.45) is 5.73 Å². The number of fused-ring (bicyclic) bond motifs is 1. The highest BCUT2D eigenvalue weighted by Crippen LogP contribution is 2.24. The van der Waals surface area contributed by atoms with Crippen LogP contribution in [0.3, 0.4) is 0 Å². The van der Waals surface area contributed by atoms with Crippen molar-refractivity contribution in [3.8, 4) is 0 Å². The van der Waals surface area contributed by atoms with Gasteiger partial charge in [0.1, 0.15) is 18.1 Å². The average Bonchev–Trinajstić information content (AvgIpc) is 3.73. The maximum atomic E-state index is 13.6. The Morgan fingerprint density at radius 1 is 0.900 bits per heavy atom. The molecule has 210 valence electrons. The Morgan fingerprint density at radius 3 is 2.27 bits per heavy atom. The van der Waals surface area contributed by atoms with Crippen LogP contribution < -0.4 is 11.1 Å². The lowest BCUT2D eigenvalue weighted by Crippen LogP contribution is -2.57. The molecule has 5 rings (SSSR count). The number of nitrogens with one attached hydrogen (secondary N) is 2. The minimum Gasteiger partial charge on any atom is -0.480 e. The number of carbonyl (C=O) groups excluding carboxylic acids is 3. The Hall–Kier alpha value is -4.18. The van der Waals surface area contributed by atoms with E-state index in [1.54, 1.807) is 0 Å². The minimum absolute atomic E-state index is 0.217. The summed E-state index contributed by atoms with van der Waals surface area (Å²) in [5.41, 5.74) is 9.11. The number of hydrogen-bond donors (Lipinski definition) is 4. The molecule has 2 aromatic carbocycles. The van der Waals surface area contributed by atoms with Crippen LogP contribution >= 0.6 is 0 Å². The van der Waals surface area contributed by atoms with Crippen molar-refractivity contribution in [2.45, 2.75) is 62.7 Å². The van der Waals surface area contributed by atoms with Gasteiger partial charge in [-0.3, -0.25) is 14.4 Å². The number of carbonyl (C=O) groups is 4. The predicted octanol–water partition coefficient (Wildman–Crippen LogP) is 1.83. The zero-order valence-electron chi connectivity index (χ0n) is 22.3. The number of nitrogens with two attached hydrogens (primary N) is 1. The number of aromatic amines is 1. The third-order valence-corrected chi connectivity index (χ3v) is 7.99. The van der Waals surface area contributed by atoms with Crippen molar-refractivity contribution < 1.29 is 24.3 Å². The quantitative estimate of drug-likeness (QED) is 0.322. The molecule has 0 spiro atoms. The summed E-state index contributed by atoms with van der Waals surface area (Å²) in [6.07, 6.45) is 4.48. The monoisotopic (exact) mass is 545 g/mol. The molecule has 10 heteroatoms. The van der Waals surface area contributed by atoms with Gasteiger partial charge in [0.15, 0.2) is 0 Å². The Balaban J connectivity index is 1.30. The van der Waals surface area contributed by atoms with Gasteiger partial charge in [0.2, 0.25) is 17.7 Å². The van der Waals surface area contributed by atoms with E-state index in [2.05, 4.69) is 10.3 Å². The smallest absolute Gasteiger partial charge is 0.326 e. The number of benzene rings is 2. The van der Waals surface area contributed by atoms with Crippen molar-refractivity contribution in [3.63, 3.8) is 0 Å². The molecule has 10 nitrogen and oxygen atoms in total. The van der Waals surface area contributed by atoms with E-state index in [-0.39, 0.29) is 12.3 Å². The molecule has 3 amide bonds. The van der Waals surface area contributed by atoms with E-state index >= 15 is 0 Å². The van der Waals surface area contributed by atoms with Gasteiger partial charge >= 0.3 is 5.97 Å². The Bertz CT molecular complexity index is 1390. The van der Waals surface area contributed by atoms with Crippen molar-refractivity contribution in [1.29, 1.82) is 0 Å². The van der Waals surface area contributed by atoms with Gasteiger partial charge in [0.05, 0.1) is 6.04 Å². The molecule has 0 bridgehead atoms. The third-order valence-electron chi connectivity index (χ3n) is 7.99. The lowest BCUT2D eigenvalue weighted by Gasteiger charge is -2.30. The summed E-state index contributed by atoms with van der Waals surface area (Å²) in [5, 5.41) is 13.5. The maximum absolute atomic E-state index is 13.6. The molecule has 1 aromatic heterocycles. The van der Waals surface area contributed by atoms with E-state index in [1.807, 2.05) is 60.8 Å². The second kappa shape index (κ2) is 11.9. The van der Waals surface area contributed by atoms with Crippen molar-refractivity contribution in [1.82, 2.24) is 20.1 Å². The molecule has 2 aliphatic rings. The Kier molecular flexibility index (Phi) is 8.16. The first-order valence-electron chi connectivity index (χ1n) is 13.8. The molecular weight excluding hydrogens is 510 g/mol. The number of rotatable bonds is 9. The highest BCUT2D eigenvalue weighted by atomic mass is 16.4. The number of carboxylic acids is 1. The topological polar surface area (TPSA) is 149 Å². The van der Waals surface area contributed by atoms with Gasteiger partial charge in [-0.1, -0.05) is 48.5 Å². The standard InChI is InChI=1S/C30H35N5O5/c31-22(17-20-18-32-23-11-5-4-10-21(20)23)28(37)34-14-6-12-25(34)27(36)33-24(16-19-8-2-1-3-9-19)29(38)35-15-7-13-26(35)30(39)40/h1-5,8-11,18,22,24-26,32H,6-7,12-17,31H2,(H,33,36)(H,39,40). The number of carboxylic acid groups (broad SMARTS) is 1. The van der Waals surface area contributed by atoms with Crippen LogP contribution in [0.5, 0.6) is 0 Å². The van der Waals surface area contributed by atoms with Crippen LogP contribution in [0, 0.1) is 0 Å². The molecule has 5 N–H and O–H groups in total. The SMILES string of the molecule is NC(Cc1c[nH]c2ccccc12)C(=O)N1CCCC1C(=O)NC(Cc1ccccc1)C(=O)N1CCCC1C(=O)O. The number of amides is 3. The van der Waals surface area contributed by atoms with E-state index < -0.39 is 42.0 Å². The highest BCUT2D eigenvalue weighted by Gasteiger charge is 2.41. The van der Waals surface area contributed by atoms with Crippen LogP contribution in [-0.4, -0.2) is 80.8 Å². The molecule has 4 atom stereocenters. The first-order valence-corrected chi connectivity index (χ1v) is 13.8. The number of para-hydroxylation sites is 1. The van der Waals surface area contributed by atoms with Gasteiger partial charge < -0.3 is 30.9 Å². The van der Waals surface area contributed by atoms with Crippen molar-refractivity contribution >= 4 is 34.6 Å². The highest BCUT2D eigenvalue weighted by molar-refractivity contribution is 5.95. The molecule has 0 saturated carbocycles. The molecule has 3 aromatic rings. The first kappa shape index (κ1) is 27.4. The normalized spacial score (nSPS) is 20.4. The molecule has 2 fully saturated rings. The largest absolute Gasteiger partial charge is 0.480 e. The Labute approximate surface area is 232 Å². The van der Waals surface area contributed by atoms with Crippen LogP contribution in [0.15, 0.2) is 60.8 Å². The fourth-order valence-corrected chi connectivity index (χ4v) is 5.95. The number of aliphatic carboxylic acids is 1. The molecular formula is C30H35N5O5. The summed E-state index contributed by atoms with van der Waals surface area (Å²) >= 11 is 0. The zero-order valence-corrected chi connectivity index (χ0v) is 22.3. The van der Waals surface area contributed by atoms with E-state index in [1.165, 1.54) is 9.80 Å². The van der Waals surface area contributed by atoms with Gasteiger partial charge in [-0.2, -0.15) is 0 Å². The van der Waals surface area contributed by atoms with Gasteiger partial charge in [0.25, 0.3) is 0 Å². The number of H-pyrrole nitrogens is 1. The van der Waals surface area contributed by atoms with Gasteiger partial charge in [-0.15, -0.1) is 0 Å². The molecule has 2 saturated heterocycles. The van der Waals surface area contributed by atoms with Gasteiger partial charge in [-0.25, -0.2) is 4.79 Å². The summed E-state index contributed by atoms with van der Waals surface area (Å²) in [4.78, 5) is 58.4. The van der Waals surface area contributed by atoms with Crippen LogP contribution in [-0.2, 0) is 32.0 Å². The third kappa shape index (κ3) is 5.72. The maximum Gasteiger partial charge on any atom is 0.326 e. The second-order valence-corrected chi connectivity index (χ2v) is 10.6. The number of aromatic nitrogens is 1. The van der Waals surface area contributed by atoms with E-state index in [4.69, 9.17) is 5.73 Å². The van der Waals surface area contributed by atoms with Crippen LogP contribution in [0.2, 0.25) is 0 Å². The molecule has 3 heterocycles. The number of hydrogen-bond acceptors (Lipinski definition) is 5. The first-order chi connectivity index (χ1) is 19.3. The summed E-state index contributed by atoms with van der Waals surface area (Å²) in [6, 6.07) is 13.7. The lowest BCUT2D eigenvalue weighted by atomic mass is 10.0. The summed E-state index contributed by atoms with van der Waals surface area (Å²) in [7, 11) is 0. The van der Waals surface area contributed by atoms with Gasteiger partial charge in [-0.05, 0) is 49.3 Å². The predicted molar refractivity (Wildman–Crippen MR) is 149 cm³/mol. The van der Waals surface area contributed by atoms with Crippen LogP contribution in [0.1, 0.15) is 36.8 Å². The summed E-state index contributed by atoms with van der Waals surface area (Å²) in [6.45, 7) is 0.733. The van der Waals surface area contributed by atoms with Crippen molar-refractivity contribution in [3.05, 3.63) is 71.9 Å². The molecule has 4 unspecified atom stereocenters.